The van der Waals surface area contributed by atoms with Gasteiger partial charge in [-0.25, -0.2) is 9.97 Å². The van der Waals surface area contributed by atoms with Crippen molar-refractivity contribution < 1.29 is 17.9 Å². The van der Waals surface area contributed by atoms with E-state index in [-0.39, 0.29) is 44.1 Å². The molecule has 174 valence electrons. The molecule has 1 aromatic carbocycles. The Kier molecular flexibility index (Phi) is 5.94. The Balaban J connectivity index is 1.78. The van der Waals surface area contributed by atoms with Crippen LogP contribution in [0, 0.1) is 0 Å². The molecule has 1 unspecified atom stereocenters. The molecule has 3 heterocycles. The van der Waals surface area contributed by atoms with Gasteiger partial charge in [0.25, 0.3) is 5.66 Å². The average molecular weight is 499 g/mol. The van der Waals surface area contributed by atoms with E-state index < -0.39 is 11.8 Å². The van der Waals surface area contributed by atoms with Gasteiger partial charge in [-0.1, -0.05) is 42.4 Å². The number of imidazole rings is 1. The first-order chi connectivity index (χ1) is 15.6. The third kappa shape index (κ3) is 3.77. The minimum absolute atomic E-state index is 0.0508. The van der Waals surface area contributed by atoms with Crippen molar-refractivity contribution in [3.05, 3.63) is 64.9 Å². The molecule has 3 N–H and O–H groups in total. The van der Waals surface area contributed by atoms with Gasteiger partial charge in [0.2, 0.25) is 5.95 Å². The molecule has 0 aliphatic carbocycles. The molecule has 0 spiro atoms. The first-order valence-corrected chi connectivity index (χ1v) is 10.4. The topological polar surface area (TPSA) is 76.0 Å². The zero-order valence-corrected chi connectivity index (χ0v) is 18.9. The Morgan fingerprint density at radius 2 is 2.00 bits per heavy atom. The summed E-state index contributed by atoms with van der Waals surface area (Å²) in [7, 11) is 1.56. The summed E-state index contributed by atoms with van der Waals surface area (Å²) in [5.74, 6) is 0.381. The van der Waals surface area contributed by atoms with E-state index in [4.69, 9.17) is 27.9 Å². The minimum Gasteiger partial charge on any atom is -0.383 e. The van der Waals surface area contributed by atoms with E-state index in [9.17, 15) is 13.2 Å². The predicted octanol–water partition coefficient (Wildman–Crippen LogP) is 5.21. The summed E-state index contributed by atoms with van der Waals surface area (Å²) in [6.45, 7) is 8.35. The Hall–Kier alpha value is -2.95. The summed E-state index contributed by atoms with van der Waals surface area (Å²) in [4.78, 5) is 8.56. The zero-order chi connectivity index (χ0) is 24.0. The molecule has 0 radical (unpaired) electrons. The van der Waals surface area contributed by atoms with Crippen LogP contribution in [0.3, 0.4) is 0 Å². The molecule has 33 heavy (non-hydrogen) atoms. The van der Waals surface area contributed by atoms with Crippen LogP contribution in [0.25, 0.3) is 16.7 Å². The maximum atomic E-state index is 14.7. The fourth-order valence-corrected chi connectivity index (χ4v) is 3.99. The second-order valence-electron chi connectivity index (χ2n) is 7.24. The van der Waals surface area contributed by atoms with E-state index in [1.807, 2.05) is 0 Å². The Morgan fingerprint density at radius 3 is 2.70 bits per heavy atom. The number of hydrogen-bond acceptors (Lipinski definition) is 6. The lowest BCUT2D eigenvalue weighted by molar-refractivity contribution is -0.203. The number of methoxy groups -OCH3 is 1. The number of alkyl halides is 3. The number of aromatic nitrogens is 3. The van der Waals surface area contributed by atoms with E-state index >= 15 is 0 Å². The number of benzene rings is 1. The number of ether oxygens (including phenoxy) is 1. The van der Waals surface area contributed by atoms with Crippen LogP contribution in [0.2, 0.25) is 10.0 Å². The first-order valence-electron chi connectivity index (χ1n) is 9.67. The van der Waals surface area contributed by atoms with Crippen LogP contribution in [0.1, 0.15) is 5.69 Å². The number of fused-ring (bicyclic) bond motifs is 3. The summed E-state index contributed by atoms with van der Waals surface area (Å²) in [6, 6.07) is 7.73. The molecule has 1 aliphatic rings. The molecule has 0 saturated carbocycles. The number of halogens is 5. The highest BCUT2D eigenvalue weighted by atomic mass is 35.5. The molecule has 1 atom stereocenters. The highest BCUT2D eigenvalue weighted by Crippen LogP contribution is 2.49. The van der Waals surface area contributed by atoms with E-state index in [1.165, 1.54) is 12.1 Å². The van der Waals surface area contributed by atoms with Gasteiger partial charge in [0.15, 0.2) is 0 Å². The quantitative estimate of drug-likeness (QED) is 0.388. The number of nitrogens with zero attached hydrogens (tertiary/aromatic N) is 3. The number of rotatable bonds is 7. The molecule has 0 saturated heterocycles. The van der Waals surface area contributed by atoms with Crippen molar-refractivity contribution >= 4 is 51.7 Å². The molecular formula is C21H19Cl2F3N6O. The molecule has 12 heteroatoms. The predicted molar refractivity (Wildman–Crippen MR) is 123 cm³/mol. The van der Waals surface area contributed by atoms with Gasteiger partial charge in [0.1, 0.15) is 11.3 Å². The minimum atomic E-state index is -4.85. The summed E-state index contributed by atoms with van der Waals surface area (Å²) < 4.78 is 50.1. The monoisotopic (exact) mass is 498 g/mol. The van der Waals surface area contributed by atoms with Crippen LogP contribution in [-0.2, 0) is 10.4 Å². The second-order valence-corrected chi connectivity index (χ2v) is 8.03. The number of anilines is 2. The van der Waals surface area contributed by atoms with Crippen molar-refractivity contribution in [2.45, 2.75) is 11.8 Å². The number of nitrogens with one attached hydrogen (secondary N) is 3. The lowest BCUT2D eigenvalue weighted by atomic mass is 10.1. The van der Waals surface area contributed by atoms with Crippen LogP contribution in [0.15, 0.2) is 49.2 Å². The number of pyridine rings is 1. The summed E-state index contributed by atoms with van der Waals surface area (Å²) in [6.07, 6.45) is -4.85. The highest BCUT2D eigenvalue weighted by Gasteiger charge is 2.63. The maximum absolute atomic E-state index is 14.7. The van der Waals surface area contributed by atoms with Crippen molar-refractivity contribution in [1.82, 2.24) is 19.9 Å². The SMILES string of the molecule is C=C(NC1(C(F)(F)F)C(=C)Nc2nc3c(Cl)c(Cl)ccc3n21)c1cccc(NCCOC)n1. The Morgan fingerprint density at radius 1 is 1.24 bits per heavy atom. The van der Waals surface area contributed by atoms with Crippen LogP contribution in [0.5, 0.6) is 0 Å². The molecule has 2 aromatic heterocycles. The Bertz CT molecular complexity index is 1260. The van der Waals surface area contributed by atoms with Crippen LogP contribution in [-0.4, -0.2) is 41.0 Å². The van der Waals surface area contributed by atoms with Crippen molar-refractivity contribution in [1.29, 1.82) is 0 Å². The first kappa shape index (κ1) is 23.2. The standard InChI is InChI=1S/C21H19Cl2F3N6O/c1-11(14-5-4-6-16(29-14)27-9-10-33-3)31-20(21(24,25)26)12(2)28-19-30-18-15(32(19)20)8-7-13(22)17(18)23/h4-8,31H,1-2,9-10H2,3H3,(H,27,29)(H,28,30). The molecule has 0 fully saturated rings. The van der Waals surface area contributed by atoms with Crippen molar-refractivity contribution in [2.75, 3.05) is 30.9 Å². The lowest BCUT2D eigenvalue weighted by Crippen LogP contribution is -2.56. The smallest absolute Gasteiger partial charge is 0.383 e. The van der Waals surface area contributed by atoms with Crippen molar-refractivity contribution in [3.8, 4) is 0 Å². The normalized spacial score (nSPS) is 17.7. The zero-order valence-electron chi connectivity index (χ0n) is 17.4. The van der Waals surface area contributed by atoms with Gasteiger partial charge in [-0.3, -0.25) is 4.57 Å². The van der Waals surface area contributed by atoms with Gasteiger partial charge in [-0.15, -0.1) is 0 Å². The fraction of sp³-hybridized carbons (Fsp3) is 0.238. The number of hydrogen-bond donors (Lipinski definition) is 3. The third-order valence-electron chi connectivity index (χ3n) is 5.17. The summed E-state index contributed by atoms with van der Waals surface area (Å²) >= 11 is 12.2. The van der Waals surface area contributed by atoms with E-state index in [0.717, 1.165) is 4.57 Å². The lowest BCUT2D eigenvalue weighted by Gasteiger charge is -2.36. The van der Waals surface area contributed by atoms with Gasteiger partial charge in [0, 0.05) is 13.7 Å². The molecule has 4 rings (SSSR count). The molecule has 1 aliphatic heterocycles. The van der Waals surface area contributed by atoms with Crippen LogP contribution in [0.4, 0.5) is 24.9 Å². The summed E-state index contributed by atoms with van der Waals surface area (Å²) in [5.41, 5.74) is -2.78. The van der Waals surface area contributed by atoms with Crippen molar-refractivity contribution in [3.63, 3.8) is 0 Å². The average Bonchev–Trinajstić information content (AvgIpc) is 3.25. The highest BCUT2D eigenvalue weighted by molar-refractivity contribution is 6.45. The van der Waals surface area contributed by atoms with E-state index in [2.05, 4.69) is 39.1 Å². The molecule has 0 amide bonds. The van der Waals surface area contributed by atoms with E-state index in [1.54, 1.807) is 25.3 Å². The van der Waals surface area contributed by atoms with Crippen LogP contribution < -0.4 is 16.0 Å². The maximum Gasteiger partial charge on any atom is 0.436 e. The molecule has 0 bridgehead atoms. The van der Waals surface area contributed by atoms with Gasteiger partial charge in [-0.2, -0.15) is 13.2 Å². The third-order valence-corrected chi connectivity index (χ3v) is 5.96. The van der Waals surface area contributed by atoms with Gasteiger partial charge in [-0.05, 0) is 24.3 Å². The molecule has 3 aromatic rings. The Labute approximate surface area is 197 Å². The van der Waals surface area contributed by atoms with Gasteiger partial charge in [0.05, 0.1) is 39.3 Å². The largest absolute Gasteiger partial charge is 0.436 e. The molecular weight excluding hydrogens is 480 g/mol. The van der Waals surface area contributed by atoms with E-state index in [0.29, 0.717) is 19.0 Å². The molecule has 7 nitrogen and oxygen atoms in total. The van der Waals surface area contributed by atoms with Crippen LogP contribution >= 0.6 is 23.2 Å². The summed E-state index contributed by atoms with van der Waals surface area (Å²) in [5, 5.41) is 8.39. The van der Waals surface area contributed by atoms with Gasteiger partial charge >= 0.3 is 6.18 Å². The van der Waals surface area contributed by atoms with Gasteiger partial charge < -0.3 is 20.7 Å². The second kappa shape index (κ2) is 8.44. The fourth-order valence-electron chi connectivity index (χ4n) is 3.64. The van der Waals surface area contributed by atoms with Crippen molar-refractivity contribution in [2.24, 2.45) is 0 Å².